The maximum absolute atomic E-state index is 11.2. The summed E-state index contributed by atoms with van der Waals surface area (Å²) in [5.41, 5.74) is 0.795. The minimum atomic E-state index is -0.329. The quantitative estimate of drug-likeness (QED) is 0.667. The lowest BCUT2D eigenvalue weighted by molar-refractivity contribution is -0.384. The maximum atomic E-state index is 11.2. The van der Waals surface area contributed by atoms with Crippen LogP contribution in [0.4, 0.5) is 11.4 Å². The van der Waals surface area contributed by atoms with Gasteiger partial charge in [0.15, 0.2) is 0 Å². The van der Waals surface area contributed by atoms with Gasteiger partial charge in [-0.25, -0.2) is 0 Å². The Kier molecular flexibility index (Phi) is 3.11. The minimum absolute atomic E-state index is 0.143. The Morgan fingerprint density at radius 3 is 2.95 bits per heavy atom. The lowest BCUT2D eigenvalue weighted by Gasteiger charge is -2.26. The van der Waals surface area contributed by atoms with Gasteiger partial charge in [-0.15, -0.1) is 0 Å². The predicted octanol–water partition coefficient (Wildman–Crippen LogP) is 2.29. The molecule has 2 aliphatic rings. The van der Waals surface area contributed by atoms with Gasteiger partial charge in [-0.2, -0.15) is 0 Å². The van der Waals surface area contributed by atoms with Gasteiger partial charge < -0.3 is 10.2 Å². The van der Waals surface area contributed by atoms with Crippen molar-refractivity contribution >= 4 is 23.0 Å². The Morgan fingerprint density at radius 2 is 2.26 bits per heavy atom. The molecule has 3 unspecified atom stereocenters. The van der Waals surface area contributed by atoms with Crippen LogP contribution in [0.3, 0.4) is 0 Å². The molecule has 1 aromatic rings. The second-order valence-electron chi connectivity index (χ2n) is 5.37. The Hall–Kier alpha value is -1.33. The molecule has 102 valence electrons. The van der Waals surface area contributed by atoms with E-state index in [4.69, 9.17) is 11.6 Å². The van der Waals surface area contributed by atoms with Gasteiger partial charge >= 0.3 is 0 Å². The molecule has 19 heavy (non-hydrogen) atoms. The number of anilines is 1. The van der Waals surface area contributed by atoms with Crippen molar-refractivity contribution in [3.05, 3.63) is 33.3 Å². The van der Waals surface area contributed by atoms with Crippen molar-refractivity contribution in [2.75, 3.05) is 24.5 Å². The van der Waals surface area contributed by atoms with Crippen LogP contribution < -0.4 is 10.2 Å². The summed E-state index contributed by atoms with van der Waals surface area (Å²) in [6, 6.07) is 5.09. The SMILES string of the molecule is CC1C2CNCC2CN1c1cc(Cl)ccc1[N+](=O)[O-]. The van der Waals surface area contributed by atoms with E-state index in [9.17, 15) is 10.1 Å². The number of nitro benzene ring substituents is 1. The fraction of sp³-hybridized carbons (Fsp3) is 0.538. The molecule has 0 radical (unpaired) electrons. The number of halogens is 1. The first-order chi connectivity index (χ1) is 9.08. The third kappa shape index (κ3) is 2.07. The lowest BCUT2D eigenvalue weighted by atomic mass is 9.95. The summed E-state index contributed by atoms with van der Waals surface area (Å²) >= 11 is 6.01. The molecule has 6 heteroatoms. The van der Waals surface area contributed by atoms with Gasteiger partial charge in [-0.05, 0) is 30.9 Å². The zero-order valence-electron chi connectivity index (χ0n) is 10.7. The van der Waals surface area contributed by atoms with E-state index >= 15 is 0 Å². The van der Waals surface area contributed by atoms with Crippen LogP contribution in [0.1, 0.15) is 6.92 Å². The standard InChI is InChI=1S/C13H16ClN3O2/c1-8-11-6-15-5-9(11)7-16(8)13-4-10(14)2-3-12(13)17(18)19/h2-4,8-9,11,15H,5-7H2,1H3. The van der Waals surface area contributed by atoms with E-state index in [1.165, 1.54) is 6.07 Å². The number of hydrogen-bond acceptors (Lipinski definition) is 4. The number of nitrogens with zero attached hydrogens (tertiary/aromatic N) is 2. The minimum Gasteiger partial charge on any atom is -0.363 e. The van der Waals surface area contributed by atoms with Crippen molar-refractivity contribution in [1.82, 2.24) is 5.32 Å². The second kappa shape index (κ2) is 4.65. The van der Waals surface area contributed by atoms with Crippen molar-refractivity contribution in [1.29, 1.82) is 0 Å². The third-order valence-electron chi connectivity index (χ3n) is 4.38. The number of benzene rings is 1. The molecule has 0 aromatic heterocycles. The van der Waals surface area contributed by atoms with Crippen LogP contribution in [0, 0.1) is 22.0 Å². The van der Waals surface area contributed by atoms with Gasteiger partial charge in [0.05, 0.1) is 4.92 Å². The summed E-state index contributed by atoms with van der Waals surface area (Å²) in [7, 11) is 0. The molecule has 2 heterocycles. The Labute approximate surface area is 116 Å². The van der Waals surface area contributed by atoms with Gasteiger partial charge in [0.2, 0.25) is 0 Å². The Morgan fingerprint density at radius 1 is 1.47 bits per heavy atom. The molecule has 3 rings (SSSR count). The van der Waals surface area contributed by atoms with E-state index in [1.807, 2.05) is 0 Å². The summed E-state index contributed by atoms with van der Waals surface area (Å²) in [6.45, 7) is 5.00. The molecule has 5 nitrogen and oxygen atoms in total. The highest BCUT2D eigenvalue weighted by Crippen LogP contribution is 2.40. The van der Waals surface area contributed by atoms with Gasteiger partial charge in [0, 0.05) is 36.8 Å². The van der Waals surface area contributed by atoms with E-state index in [0.29, 0.717) is 28.6 Å². The molecular formula is C13H16ClN3O2. The molecule has 1 aromatic carbocycles. The van der Waals surface area contributed by atoms with Crippen LogP contribution >= 0.6 is 11.6 Å². The second-order valence-corrected chi connectivity index (χ2v) is 5.80. The Bertz CT molecular complexity index is 523. The van der Waals surface area contributed by atoms with E-state index in [-0.39, 0.29) is 10.6 Å². The van der Waals surface area contributed by atoms with E-state index in [1.54, 1.807) is 12.1 Å². The molecule has 0 amide bonds. The van der Waals surface area contributed by atoms with Gasteiger partial charge in [0.25, 0.3) is 5.69 Å². The van der Waals surface area contributed by atoms with Gasteiger partial charge in [0.1, 0.15) is 5.69 Å². The fourth-order valence-electron chi connectivity index (χ4n) is 3.37. The maximum Gasteiger partial charge on any atom is 0.292 e. The highest BCUT2D eigenvalue weighted by atomic mass is 35.5. The van der Waals surface area contributed by atoms with Crippen LogP contribution in [0.5, 0.6) is 0 Å². The molecule has 0 spiro atoms. The molecule has 0 bridgehead atoms. The largest absolute Gasteiger partial charge is 0.363 e. The number of fused-ring (bicyclic) bond motifs is 1. The van der Waals surface area contributed by atoms with Crippen LogP contribution in [0.2, 0.25) is 5.02 Å². The molecule has 0 aliphatic carbocycles. The summed E-state index contributed by atoms with van der Waals surface area (Å²) in [4.78, 5) is 13.0. The molecule has 0 saturated carbocycles. The Balaban J connectivity index is 1.98. The summed E-state index contributed by atoms with van der Waals surface area (Å²) in [5.74, 6) is 1.15. The van der Waals surface area contributed by atoms with Crippen LogP contribution in [-0.4, -0.2) is 30.6 Å². The summed E-state index contributed by atoms with van der Waals surface area (Å²) < 4.78 is 0. The fourth-order valence-corrected chi connectivity index (χ4v) is 3.53. The first-order valence-corrected chi connectivity index (χ1v) is 6.87. The van der Waals surface area contributed by atoms with E-state index in [0.717, 1.165) is 19.6 Å². The lowest BCUT2D eigenvalue weighted by Crippen LogP contribution is -2.33. The molecule has 1 N–H and O–H groups in total. The van der Waals surface area contributed by atoms with Gasteiger partial charge in [-0.3, -0.25) is 10.1 Å². The summed E-state index contributed by atoms with van der Waals surface area (Å²) in [5, 5.41) is 15.1. The van der Waals surface area contributed by atoms with Crippen LogP contribution in [0.25, 0.3) is 0 Å². The topological polar surface area (TPSA) is 58.4 Å². The molecule has 3 atom stereocenters. The normalized spacial score (nSPS) is 29.6. The smallest absolute Gasteiger partial charge is 0.292 e. The zero-order chi connectivity index (χ0) is 13.6. The zero-order valence-corrected chi connectivity index (χ0v) is 11.4. The van der Waals surface area contributed by atoms with Crippen molar-refractivity contribution in [2.24, 2.45) is 11.8 Å². The van der Waals surface area contributed by atoms with Crippen molar-refractivity contribution in [3.63, 3.8) is 0 Å². The average Bonchev–Trinajstić information content (AvgIpc) is 2.92. The highest BCUT2D eigenvalue weighted by Gasteiger charge is 2.43. The summed E-state index contributed by atoms with van der Waals surface area (Å²) in [6.07, 6.45) is 0. The van der Waals surface area contributed by atoms with E-state index < -0.39 is 0 Å². The monoisotopic (exact) mass is 281 g/mol. The van der Waals surface area contributed by atoms with Gasteiger partial charge in [-0.1, -0.05) is 11.6 Å². The van der Waals surface area contributed by atoms with Crippen molar-refractivity contribution in [3.8, 4) is 0 Å². The first kappa shape index (κ1) is 12.7. The van der Waals surface area contributed by atoms with Crippen molar-refractivity contribution < 1.29 is 4.92 Å². The van der Waals surface area contributed by atoms with E-state index in [2.05, 4.69) is 17.1 Å². The molecule has 2 saturated heterocycles. The molecular weight excluding hydrogens is 266 g/mol. The molecule has 2 aliphatic heterocycles. The highest BCUT2D eigenvalue weighted by molar-refractivity contribution is 6.31. The molecule has 2 fully saturated rings. The number of hydrogen-bond donors (Lipinski definition) is 1. The van der Waals surface area contributed by atoms with Crippen LogP contribution in [-0.2, 0) is 0 Å². The first-order valence-electron chi connectivity index (χ1n) is 6.49. The number of rotatable bonds is 2. The number of nitro groups is 1. The third-order valence-corrected chi connectivity index (χ3v) is 4.61. The van der Waals surface area contributed by atoms with Crippen LogP contribution in [0.15, 0.2) is 18.2 Å². The predicted molar refractivity (Wildman–Crippen MR) is 74.8 cm³/mol. The number of nitrogens with one attached hydrogen (secondary N) is 1. The average molecular weight is 282 g/mol. The van der Waals surface area contributed by atoms with Crippen molar-refractivity contribution in [2.45, 2.75) is 13.0 Å².